The maximum atomic E-state index is 3.69. The van der Waals surface area contributed by atoms with E-state index in [2.05, 4.69) is 21.3 Å². The van der Waals surface area contributed by atoms with Crippen LogP contribution in [-0.2, 0) is 0 Å². The van der Waals surface area contributed by atoms with Crippen molar-refractivity contribution in [3.63, 3.8) is 0 Å². The molecule has 4 N–H and O–H groups in total. The summed E-state index contributed by atoms with van der Waals surface area (Å²) in [5, 5.41) is 14.6. The molecule has 2 spiro atoms. The lowest BCUT2D eigenvalue weighted by Gasteiger charge is -2.58. The van der Waals surface area contributed by atoms with Crippen LogP contribution in [0.4, 0.5) is 0 Å². The normalized spacial score (nSPS) is 45.5. The van der Waals surface area contributed by atoms with Gasteiger partial charge in [0.05, 0.1) is 0 Å². The smallest absolute Gasteiger partial charge is 0.00240 e. The molecule has 0 aromatic rings. The molecule has 4 saturated heterocycles. The Kier molecular flexibility index (Phi) is 3.10. The number of hydrogen-bond acceptors (Lipinski definition) is 4. The predicted octanol–water partition coefficient (Wildman–Crippen LogP) is -0.225. The Hall–Kier alpha value is -0.160. The Morgan fingerprint density at radius 3 is 1.63 bits per heavy atom. The van der Waals surface area contributed by atoms with Crippen LogP contribution >= 0.6 is 0 Å². The molecule has 4 heteroatoms. The lowest BCUT2D eigenvalue weighted by Crippen LogP contribution is -2.67. The van der Waals surface area contributed by atoms with Gasteiger partial charge in [-0.2, -0.15) is 0 Å². The summed E-state index contributed by atoms with van der Waals surface area (Å²) in [6, 6.07) is 0. The van der Waals surface area contributed by atoms with Crippen molar-refractivity contribution in [3.8, 4) is 0 Å². The topological polar surface area (TPSA) is 48.1 Å². The molecule has 0 aliphatic carbocycles. The van der Waals surface area contributed by atoms with Gasteiger partial charge in [-0.1, -0.05) is 0 Å². The number of nitrogens with one attached hydrogen (secondary N) is 4. The van der Waals surface area contributed by atoms with Gasteiger partial charge in [-0.15, -0.1) is 0 Å². The molecule has 3 atom stereocenters. The molecule has 0 saturated carbocycles. The van der Waals surface area contributed by atoms with Gasteiger partial charge in [-0.25, -0.2) is 0 Å². The molecule has 108 valence electrons. The number of hydrogen-bond donors (Lipinski definition) is 4. The van der Waals surface area contributed by atoms with Gasteiger partial charge in [-0.3, -0.25) is 0 Å². The highest BCUT2D eigenvalue weighted by Crippen LogP contribution is 2.51. The van der Waals surface area contributed by atoms with Crippen LogP contribution in [0, 0.1) is 22.7 Å². The second-order valence-electron chi connectivity index (χ2n) is 7.38. The van der Waals surface area contributed by atoms with Crippen LogP contribution in [0.3, 0.4) is 0 Å². The average Bonchev–Trinajstić information content (AvgIpc) is 2.86. The van der Waals surface area contributed by atoms with Crippen LogP contribution in [0.2, 0.25) is 0 Å². The van der Waals surface area contributed by atoms with Crippen LogP contribution in [0.1, 0.15) is 19.3 Å². The first-order valence-electron chi connectivity index (χ1n) is 8.18. The summed E-state index contributed by atoms with van der Waals surface area (Å²) < 4.78 is 0. The third-order valence-electron chi connectivity index (χ3n) is 6.62. The van der Waals surface area contributed by atoms with E-state index in [1.54, 1.807) is 0 Å². The largest absolute Gasteiger partial charge is 0.316 e. The highest BCUT2D eigenvalue weighted by Gasteiger charge is 2.54. The van der Waals surface area contributed by atoms with E-state index in [-0.39, 0.29) is 0 Å². The van der Waals surface area contributed by atoms with Gasteiger partial charge in [-0.05, 0) is 69.2 Å². The average molecular weight is 264 g/mol. The molecule has 4 aliphatic rings. The van der Waals surface area contributed by atoms with E-state index in [9.17, 15) is 0 Å². The van der Waals surface area contributed by atoms with Gasteiger partial charge in [0.2, 0.25) is 0 Å². The summed E-state index contributed by atoms with van der Waals surface area (Å²) in [6.07, 6.45) is 4.16. The molecule has 0 aromatic carbocycles. The maximum Gasteiger partial charge on any atom is 0.00240 e. The summed E-state index contributed by atoms with van der Waals surface area (Å²) >= 11 is 0. The third-order valence-corrected chi connectivity index (χ3v) is 6.62. The molecular formula is C15H28N4. The Bertz CT molecular complexity index is 333. The fourth-order valence-electron chi connectivity index (χ4n) is 5.31. The predicted molar refractivity (Wildman–Crippen MR) is 77.2 cm³/mol. The van der Waals surface area contributed by atoms with Crippen LogP contribution in [0.25, 0.3) is 0 Å². The van der Waals surface area contributed by atoms with Crippen molar-refractivity contribution in [1.29, 1.82) is 0 Å². The quantitative estimate of drug-likeness (QED) is 0.529. The molecule has 4 heterocycles. The number of piperidine rings is 2. The molecule has 19 heavy (non-hydrogen) atoms. The minimum atomic E-state index is 0.595. The summed E-state index contributed by atoms with van der Waals surface area (Å²) in [5.74, 6) is 1.74. The van der Waals surface area contributed by atoms with E-state index in [1.165, 1.54) is 71.6 Å². The summed E-state index contributed by atoms with van der Waals surface area (Å²) in [4.78, 5) is 0. The van der Waals surface area contributed by atoms with Gasteiger partial charge in [0, 0.05) is 25.0 Å². The zero-order valence-corrected chi connectivity index (χ0v) is 11.9. The van der Waals surface area contributed by atoms with E-state index in [0.29, 0.717) is 10.8 Å². The highest BCUT2D eigenvalue weighted by molar-refractivity contribution is 5.09. The Morgan fingerprint density at radius 2 is 1.11 bits per heavy atom. The van der Waals surface area contributed by atoms with Crippen molar-refractivity contribution in [2.75, 3.05) is 52.4 Å². The minimum absolute atomic E-state index is 0.595. The molecule has 3 unspecified atom stereocenters. The molecule has 0 radical (unpaired) electrons. The van der Waals surface area contributed by atoms with E-state index in [4.69, 9.17) is 0 Å². The molecule has 0 bridgehead atoms. The number of rotatable bonds is 1. The molecule has 4 fully saturated rings. The molecular weight excluding hydrogens is 236 g/mol. The Morgan fingerprint density at radius 1 is 0.579 bits per heavy atom. The fraction of sp³-hybridized carbons (Fsp3) is 1.00. The van der Waals surface area contributed by atoms with Crippen molar-refractivity contribution in [2.24, 2.45) is 22.7 Å². The second kappa shape index (κ2) is 4.69. The van der Waals surface area contributed by atoms with E-state index in [1.807, 2.05) is 0 Å². The lowest BCUT2D eigenvalue weighted by atomic mass is 9.54. The van der Waals surface area contributed by atoms with Crippen LogP contribution < -0.4 is 21.3 Å². The van der Waals surface area contributed by atoms with Crippen molar-refractivity contribution in [1.82, 2.24) is 21.3 Å². The van der Waals surface area contributed by atoms with Crippen LogP contribution in [0.5, 0.6) is 0 Å². The van der Waals surface area contributed by atoms with Gasteiger partial charge in [0.25, 0.3) is 0 Å². The standard InChI is InChI=1S/C15H28N4/c1-4-16-7-12(14(1)2-6-18-9-14)13-8-17-5-3-15(13)10-19-11-15/h12-13,16-19H,1-11H2. The minimum Gasteiger partial charge on any atom is -0.316 e. The third kappa shape index (κ3) is 1.88. The van der Waals surface area contributed by atoms with Gasteiger partial charge < -0.3 is 21.3 Å². The van der Waals surface area contributed by atoms with Gasteiger partial charge in [0.1, 0.15) is 0 Å². The zero-order chi connectivity index (χ0) is 12.8. The monoisotopic (exact) mass is 264 g/mol. The van der Waals surface area contributed by atoms with Crippen molar-refractivity contribution in [2.45, 2.75) is 19.3 Å². The van der Waals surface area contributed by atoms with Crippen LogP contribution in [0.15, 0.2) is 0 Å². The fourth-order valence-corrected chi connectivity index (χ4v) is 5.31. The van der Waals surface area contributed by atoms with Gasteiger partial charge >= 0.3 is 0 Å². The summed E-state index contributed by atoms with van der Waals surface area (Å²) in [5.41, 5.74) is 1.21. The molecule has 0 aromatic heterocycles. The maximum absolute atomic E-state index is 3.69. The van der Waals surface area contributed by atoms with E-state index < -0.39 is 0 Å². The SMILES string of the molecule is C1CC2(CCNC2)C(C2CNCCC23CNC3)CN1. The lowest BCUT2D eigenvalue weighted by molar-refractivity contribution is -0.0462. The zero-order valence-electron chi connectivity index (χ0n) is 11.9. The van der Waals surface area contributed by atoms with Crippen molar-refractivity contribution >= 4 is 0 Å². The first kappa shape index (κ1) is 12.6. The van der Waals surface area contributed by atoms with Crippen molar-refractivity contribution in [3.05, 3.63) is 0 Å². The van der Waals surface area contributed by atoms with Gasteiger partial charge in [0.15, 0.2) is 0 Å². The summed E-state index contributed by atoms with van der Waals surface area (Å²) in [6.45, 7) is 9.97. The van der Waals surface area contributed by atoms with E-state index in [0.717, 1.165) is 11.8 Å². The molecule has 4 rings (SSSR count). The molecule has 0 amide bonds. The first-order chi connectivity index (χ1) is 9.35. The second-order valence-corrected chi connectivity index (χ2v) is 7.38. The summed E-state index contributed by atoms with van der Waals surface area (Å²) in [7, 11) is 0. The Balaban J connectivity index is 1.61. The van der Waals surface area contributed by atoms with Crippen LogP contribution in [-0.4, -0.2) is 52.4 Å². The molecule has 4 aliphatic heterocycles. The molecule has 4 nitrogen and oxygen atoms in total. The van der Waals surface area contributed by atoms with E-state index >= 15 is 0 Å². The Labute approximate surface area is 116 Å². The first-order valence-corrected chi connectivity index (χ1v) is 8.18. The van der Waals surface area contributed by atoms with Crippen molar-refractivity contribution < 1.29 is 0 Å². The highest BCUT2D eigenvalue weighted by atomic mass is 15.0.